The van der Waals surface area contributed by atoms with E-state index in [4.69, 9.17) is 4.42 Å². The first-order valence-corrected chi connectivity index (χ1v) is 10.3. The summed E-state index contributed by atoms with van der Waals surface area (Å²) in [6.45, 7) is 4.52. The van der Waals surface area contributed by atoms with E-state index in [1.807, 2.05) is 4.90 Å². The number of nitrogens with zero attached hydrogens (tertiary/aromatic N) is 3. The fraction of sp³-hybridized carbons (Fsp3) is 0.500. The quantitative estimate of drug-likeness (QED) is 0.788. The Labute approximate surface area is 169 Å². The monoisotopic (exact) mass is 399 g/mol. The molecule has 2 aliphatic heterocycles. The zero-order chi connectivity index (χ0) is 20.4. The third kappa shape index (κ3) is 4.18. The molecule has 0 N–H and O–H groups in total. The molecule has 1 aromatic heterocycles. The number of halogens is 1. The van der Waals surface area contributed by atoms with Gasteiger partial charge in [-0.15, -0.1) is 0 Å². The minimum atomic E-state index is -0.352. The number of hydrogen-bond acceptors (Lipinski definition) is 4. The number of amides is 2. The van der Waals surface area contributed by atoms with Crippen LogP contribution in [0.5, 0.6) is 0 Å². The summed E-state index contributed by atoms with van der Waals surface area (Å²) in [5.41, 5.74) is 0.915. The molecule has 2 amide bonds. The molecule has 6 nitrogen and oxygen atoms in total. The molecule has 154 valence electrons. The lowest BCUT2D eigenvalue weighted by atomic mass is 9.96. The Morgan fingerprint density at radius 3 is 2.24 bits per heavy atom. The summed E-state index contributed by atoms with van der Waals surface area (Å²) in [7, 11) is 0. The van der Waals surface area contributed by atoms with Crippen LogP contribution in [0.1, 0.15) is 70.5 Å². The summed E-state index contributed by atoms with van der Waals surface area (Å²) < 4.78 is 18.9. The Bertz CT molecular complexity index is 879. The number of hydrogen-bond donors (Lipinski definition) is 0. The number of aryl methyl sites for hydroxylation is 1. The van der Waals surface area contributed by atoms with Crippen molar-refractivity contribution in [3.63, 3.8) is 0 Å². The Morgan fingerprint density at radius 2 is 1.59 bits per heavy atom. The maximum atomic E-state index is 13.1. The van der Waals surface area contributed by atoms with Crippen molar-refractivity contribution in [3.05, 3.63) is 53.0 Å². The highest BCUT2D eigenvalue weighted by Crippen LogP contribution is 2.30. The van der Waals surface area contributed by atoms with Gasteiger partial charge in [-0.1, -0.05) is 0 Å². The molecule has 0 aliphatic carbocycles. The molecule has 1 aromatic carbocycles. The van der Waals surface area contributed by atoms with Gasteiger partial charge in [0.1, 0.15) is 11.6 Å². The van der Waals surface area contributed by atoms with Crippen molar-refractivity contribution in [2.24, 2.45) is 0 Å². The van der Waals surface area contributed by atoms with Gasteiger partial charge in [0.05, 0.1) is 0 Å². The van der Waals surface area contributed by atoms with E-state index in [1.165, 1.54) is 30.7 Å². The van der Waals surface area contributed by atoms with Gasteiger partial charge in [-0.25, -0.2) is 9.37 Å². The van der Waals surface area contributed by atoms with Crippen LogP contribution in [0.3, 0.4) is 0 Å². The van der Waals surface area contributed by atoms with Crippen LogP contribution in [0.4, 0.5) is 4.39 Å². The summed E-state index contributed by atoms with van der Waals surface area (Å²) in [6.07, 6.45) is 4.70. The lowest BCUT2D eigenvalue weighted by Gasteiger charge is -2.30. The van der Waals surface area contributed by atoms with Gasteiger partial charge >= 0.3 is 0 Å². The van der Waals surface area contributed by atoms with Crippen LogP contribution in [0.15, 0.2) is 28.7 Å². The molecule has 2 aromatic rings. The predicted octanol–water partition coefficient (Wildman–Crippen LogP) is 3.77. The second kappa shape index (κ2) is 8.35. The first-order valence-electron chi connectivity index (χ1n) is 10.3. The average molecular weight is 399 g/mol. The number of rotatable bonds is 3. The van der Waals surface area contributed by atoms with Crippen molar-refractivity contribution in [1.82, 2.24) is 14.8 Å². The maximum absolute atomic E-state index is 13.1. The summed E-state index contributed by atoms with van der Waals surface area (Å²) in [4.78, 5) is 33.5. The van der Waals surface area contributed by atoms with Crippen molar-refractivity contribution in [2.75, 3.05) is 26.2 Å². The van der Waals surface area contributed by atoms with Gasteiger partial charge in [0.15, 0.2) is 11.6 Å². The number of carbonyl (C=O) groups excluding carboxylic acids is 2. The SMILES string of the molecule is Cc1oc(C2CCN(C(=O)c3ccc(F)cc3)CC2)nc1C(=O)N1CCCCC1. The summed E-state index contributed by atoms with van der Waals surface area (Å²) >= 11 is 0. The second-order valence-electron chi connectivity index (χ2n) is 7.88. The fourth-order valence-corrected chi connectivity index (χ4v) is 4.14. The van der Waals surface area contributed by atoms with Crippen LogP contribution in [-0.4, -0.2) is 52.8 Å². The second-order valence-corrected chi connectivity index (χ2v) is 7.88. The standard InChI is InChI=1S/C22H26FN3O3/c1-15-19(22(28)25-11-3-2-4-12-25)24-20(29-15)16-9-13-26(14-10-16)21(27)17-5-7-18(23)8-6-17/h5-8,16H,2-4,9-14H2,1H3. The Hall–Kier alpha value is -2.70. The lowest BCUT2D eigenvalue weighted by Crippen LogP contribution is -2.38. The molecule has 0 atom stereocenters. The number of oxazole rings is 1. The molecule has 3 heterocycles. The molecule has 29 heavy (non-hydrogen) atoms. The molecule has 2 saturated heterocycles. The van der Waals surface area contributed by atoms with Crippen LogP contribution in [-0.2, 0) is 0 Å². The van der Waals surface area contributed by atoms with E-state index in [-0.39, 0.29) is 23.5 Å². The largest absolute Gasteiger partial charge is 0.445 e. The van der Waals surface area contributed by atoms with Gasteiger partial charge in [0.2, 0.25) is 0 Å². The van der Waals surface area contributed by atoms with E-state index < -0.39 is 0 Å². The third-order valence-electron chi connectivity index (χ3n) is 5.88. The minimum Gasteiger partial charge on any atom is -0.445 e. The third-order valence-corrected chi connectivity index (χ3v) is 5.88. The van der Waals surface area contributed by atoms with Gasteiger partial charge in [0, 0.05) is 37.7 Å². The van der Waals surface area contributed by atoms with Crippen molar-refractivity contribution in [3.8, 4) is 0 Å². The molecular weight excluding hydrogens is 373 g/mol. The van der Waals surface area contributed by atoms with Crippen molar-refractivity contribution < 1.29 is 18.4 Å². The highest BCUT2D eigenvalue weighted by atomic mass is 19.1. The Morgan fingerprint density at radius 1 is 0.966 bits per heavy atom. The zero-order valence-electron chi connectivity index (χ0n) is 16.7. The van der Waals surface area contributed by atoms with Crippen LogP contribution in [0.25, 0.3) is 0 Å². The Kier molecular flexibility index (Phi) is 5.65. The topological polar surface area (TPSA) is 66.7 Å². The number of likely N-dealkylation sites (tertiary alicyclic amines) is 2. The highest BCUT2D eigenvalue weighted by Gasteiger charge is 2.30. The predicted molar refractivity (Wildman–Crippen MR) is 105 cm³/mol. The van der Waals surface area contributed by atoms with Gasteiger partial charge in [-0.3, -0.25) is 9.59 Å². The zero-order valence-corrected chi connectivity index (χ0v) is 16.7. The van der Waals surface area contributed by atoms with Crippen molar-refractivity contribution in [2.45, 2.75) is 44.9 Å². The number of benzene rings is 1. The molecule has 4 rings (SSSR count). The molecule has 0 unspecified atom stereocenters. The molecule has 0 spiro atoms. The molecule has 7 heteroatoms. The van der Waals surface area contributed by atoms with E-state index in [9.17, 15) is 14.0 Å². The molecule has 0 saturated carbocycles. The van der Waals surface area contributed by atoms with Crippen LogP contribution in [0, 0.1) is 12.7 Å². The van der Waals surface area contributed by atoms with E-state index in [1.54, 1.807) is 11.8 Å². The fourth-order valence-electron chi connectivity index (χ4n) is 4.14. The molecular formula is C22H26FN3O3. The van der Waals surface area contributed by atoms with Gasteiger partial charge in [-0.2, -0.15) is 0 Å². The lowest BCUT2D eigenvalue weighted by molar-refractivity contribution is 0.0704. The summed E-state index contributed by atoms with van der Waals surface area (Å²) in [5, 5.41) is 0. The van der Waals surface area contributed by atoms with Crippen molar-refractivity contribution >= 4 is 11.8 Å². The van der Waals surface area contributed by atoms with E-state index in [2.05, 4.69) is 4.98 Å². The van der Waals surface area contributed by atoms with Gasteiger partial charge < -0.3 is 14.2 Å². The molecule has 0 radical (unpaired) electrons. The van der Waals surface area contributed by atoms with Crippen molar-refractivity contribution in [1.29, 1.82) is 0 Å². The molecule has 2 fully saturated rings. The van der Waals surface area contributed by atoms with Crippen LogP contribution in [0.2, 0.25) is 0 Å². The van der Waals surface area contributed by atoms with E-state index in [0.717, 1.165) is 38.8 Å². The number of carbonyl (C=O) groups is 2. The van der Waals surface area contributed by atoms with Gasteiger partial charge in [0.25, 0.3) is 11.8 Å². The summed E-state index contributed by atoms with van der Waals surface area (Å²) in [6, 6.07) is 5.63. The summed E-state index contributed by atoms with van der Waals surface area (Å²) in [5.74, 6) is 0.773. The molecule has 0 bridgehead atoms. The van der Waals surface area contributed by atoms with Gasteiger partial charge in [-0.05, 0) is 63.3 Å². The smallest absolute Gasteiger partial charge is 0.276 e. The Balaban J connectivity index is 1.39. The van der Waals surface area contributed by atoms with Crippen LogP contribution < -0.4 is 0 Å². The van der Waals surface area contributed by atoms with E-state index >= 15 is 0 Å². The highest BCUT2D eigenvalue weighted by molar-refractivity contribution is 5.94. The van der Waals surface area contributed by atoms with E-state index in [0.29, 0.717) is 36.0 Å². The minimum absolute atomic E-state index is 0.0406. The normalized spacial score (nSPS) is 18.1. The average Bonchev–Trinajstić information content (AvgIpc) is 3.15. The maximum Gasteiger partial charge on any atom is 0.276 e. The first-order chi connectivity index (χ1) is 14.0. The first kappa shape index (κ1) is 19.6. The number of aromatic nitrogens is 1. The molecule has 2 aliphatic rings. The van der Waals surface area contributed by atoms with Crippen LogP contribution >= 0.6 is 0 Å². The number of piperidine rings is 2.